The van der Waals surface area contributed by atoms with E-state index in [1.54, 1.807) is 13.8 Å². The van der Waals surface area contributed by atoms with Gasteiger partial charge in [-0.15, -0.1) is 0 Å². The molecule has 7 nitrogen and oxygen atoms in total. The third-order valence-corrected chi connectivity index (χ3v) is 6.37. The fourth-order valence-electron chi connectivity index (χ4n) is 5.11. The lowest BCUT2D eigenvalue weighted by molar-refractivity contribution is -0.153. The molecule has 1 fully saturated rings. The zero-order valence-electron chi connectivity index (χ0n) is 20.1. The van der Waals surface area contributed by atoms with Crippen molar-refractivity contribution in [2.75, 3.05) is 6.61 Å². The lowest BCUT2D eigenvalue weighted by Gasteiger charge is -2.28. The van der Waals surface area contributed by atoms with Gasteiger partial charge in [0.05, 0.1) is 18.6 Å². The molecule has 7 heteroatoms. The molecule has 1 aliphatic heterocycles. The molecule has 0 spiro atoms. The summed E-state index contributed by atoms with van der Waals surface area (Å²) in [5.41, 5.74) is 4.62. The third kappa shape index (κ3) is 5.26. The van der Waals surface area contributed by atoms with Crippen molar-refractivity contribution in [1.82, 2.24) is 5.32 Å². The molecule has 3 atom stereocenters. The number of nitrogens with one attached hydrogen (secondary N) is 1. The Labute approximate surface area is 200 Å². The van der Waals surface area contributed by atoms with Crippen LogP contribution < -0.4 is 5.32 Å². The van der Waals surface area contributed by atoms with Gasteiger partial charge in [0.1, 0.15) is 12.7 Å². The van der Waals surface area contributed by atoms with E-state index in [9.17, 15) is 14.7 Å². The molecule has 2 N–H and O–H groups in total. The first-order valence-corrected chi connectivity index (χ1v) is 11.8. The maximum atomic E-state index is 12.9. The van der Waals surface area contributed by atoms with Crippen molar-refractivity contribution in [3.8, 4) is 11.1 Å². The van der Waals surface area contributed by atoms with Gasteiger partial charge in [-0.2, -0.15) is 0 Å². The van der Waals surface area contributed by atoms with Gasteiger partial charge in [-0.25, -0.2) is 4.79 Å². The van der Waals surface area contributed by atoms with Crippen molar-refractivity contribution in [3.63, 3.8) is 0 Å². The molecule has 1 amide bonds. The molecule has 4 rings (SSSR count). The Bertz CT molecular complexity index is 1000. The Kier molecular flexibility index (Phi) is 6.96. The monoisotopic (exact) mass is 467 g/mol. The first kappa shape index (κ1) is 24.2. The highest BCUT2D eigenvalue weighted by Crippen LogP contribution is 2.44. The number of amides is 1. The molecule has 1 saturated heterocycles. The molecular weight excluding hydrogens is 434 g/mol. The van der Waals surface area contributed by atoms with Gasteiger partial charge in [0, 0.05) is 5.92 Å². The molecular formula is C27H33NO6. The fraction of sp³-hybridized carbons (Fsp3) is 0.481. The van der Waals surface area contributed by atoms with Crippen LogP contribution in [-0.2, 0) is 19.0 Å². The summed E-state index contributed by atoms with van der Waals surface area (Å²) in [6.45, 7) is 7.79. The Hall–Kier alpha value is -2.90. The summed E-state index contributed by atoms with van der Waals surface area (Å²) in [6, 6.07) is 15.9. The van der Waals surface area contributed by atoms with Crippen molar-refractivity contribution < 1.29 is 28.9 Å². The van der Waals surface area contributed by atoms with Crippen molar-refractivity contribution in [3.05, 3.63) is 59.7 Å². The summed E-state index contributed by atoms with van der Waals surface area (Å²) in [6.07, 6.45) is -1.39. The molecule has 34 heavy (non-hydrogen) atoms. The van der Waals surface area contributed by atoms with Crippen LogP contribution in [0.1, 0.15) is 57.6 Å². The second kappa shape index (κ2) is 9.76. The molecule has 0 bridgehead atoms. The number of ether oxygens (including phenoxy) is 3. The van der Waals surface area contributed by atoms with E-state index in [0.717, 1.165) is 11.1 Å². The predicted octanol–water partition coefficient (Wildman–Crippen LogP) is 4.93. The predicted molar refractivity (Wildman–Crippen MR) is 128 cm³/mol. The van der Waals surface area contributed by atoms with Crippen LogP contribution >= 0.6 is 0 Å². The van der Waals surface area contributed by atoms with Gasteiger partial charge in [0.25, 0.3) is 0 Å². The first-order chi connectivity index (χ1) is 16.1. The molecule has 2 aliphatic rings. The number of hydrogen-bond acceptors (Lipinski definition) is 5. The summed E-state index contributed by atoms with van der Waals surface area (Å²) in [5, 5.41) is 12.3. The third-order valence-electron chi connectivity index (χ3n) is 6.37. The molecule has 2 aromatic rings. The average Bonchev–Trinajstić information content (AvgIpc) is 3.24. The first-order valence-electron chi connectivity index (χ1n) is 11.8. The molecule has 2 aromatic carbocycles. The number of hydrogen-bond donors (Lipinski definition) is 2. The Morgan fingerprint density at radius 3 is 2.18 bits per heavy atom. The van der Waals surface area contributed by atoms with Gasteiger partial charge < -0.3 is 24.6 Å². The largest absolute Gasteiger partial charge is 0.481 e. The van der Waals surface area contributed by atoms with E-state index in [1.165, 1.54) is 11.1 Å². The van der Waals surface area contributed by atoms with Crippen molar-refractivity contribution in [2.45, 2.75) is 70.5 Å². The number of carboxylic acid groups (broad SMARTS) is 1. The second-order valence-corrected chi connectivity index (χ2v) is 9.94. The highest BCUT2D eigenvalue weighted by molar-refractivity contribution is 5.79. The smallest absolute Gasteiger partial charge is 0.407 e. The van der Waals surface area contributed by atoms with E-state index >= 15 is 0 Å². The average molecular weight is 468 g/mol. The van der Waals surface area contributed by atoms with Crippen LogP contribution in [0.4, 0.5) is 4.79 Å². The number of fused-ring (bicyclic) bond motifs is 3. The van der Waals surface area contributed by atoms with Gasteiger partial charge in [0.2, 0.25) is 0 Å². The quantitative estimate of drug-likeness (QED) is 0.571. The zero-order chi connectivity index (χ0) is 24.5. The van der Waals surface area contributed by atoms with Crippen molar-refractivity contribution in [1.29, 1.82) is 0 Å². The normalized spacial score (nSPS) is 21.7. The minimum atomic E-state index is -0.972. The Balaban J connectivity index is 1.46. The van der Waals surface area contributed by atoms with E-state index in [-0.39, 0.29) is 24.9 Å². The topological polar surface area (TPSA) is 94.1 Å². The maximum absolute atomic E-state index is 12.9. The van der Waals surface area contributed by atoms with E-state index in [2.05, 4.69) is 29.6 Å². The number of rotatable bonds is 8. The second-order valence-electron chi connectivity index (χ2n) is 9.94. The van der Waals surface area contributed by atoms with Crippen LogP contribution in [0.15, 0.2) is 48.5 Å². The Morgan fingerprint density at radius 2 is 1.62 bits per heavy atom. The minimum Gasteiger partial charge on any atom is -0.481 e. The summed E-state index contributed by atoms with van der Waals surface area (Å²) in [5.74, 6) is -1.69. The van der Waals surface area contributed by atoms with Crippen LogP contribution in [0, 0.1) is 5.92 Å². The maximum Gasteiger partial charge on any atom is 0.407 e. The standard InChI is InChI=1S/C27H33NO6/c1-16(2)13-22(25-23(14-24(29)30)33-27(3,4)34-25)28-26(31)32-15-21-19-11-7-5-9-17(19)18-10-6-8-12-20(18)21/h5-12,16,21-23,25H,13-15H2,1-4H3,(H,28,31)(H,29,30)/t22-,23?,25?/m0/s1. The number of carboxylic acids is 1. The summed E-state index contributed by atoms with van der Waals surface area (Å²) in [4.78, 5) is 24.3. The SMILES string of the molecule is CC(C)C[C@H](NC(=O)OCC1c2ccccc2-c2ccccc21)C1OC(C)(C)OC1CC(=O)O. The van der Waals surface area contributed by atoms with E-state index in [0.29, 0.717) is 6.42 Å². The van der Waals surface area contributed by atoms with Gasteiger partial charge in [-0.1, -0.05) is 62.4 Å². The fourth-order valence-corrected chi connectivity index (χ4v) is 5.11. The van der Waals surface area contributed by atoms with Gasteiger partial charge in [-0.05, 0) is 48.4 Å². The van der Waals surface area contributed by atoms with Crippen LogP contribution in [0.3, 0.4) is 0 Å². The van der Waals surface area contributed by atoms with Crippen LogP contribution in [0.5, 0.6) is 0 Å². The highest BCUT2D eigenvalue weighted by atomic mass is 16.8. The minimum absolute atomic E-state index is 0.0357. The number of aliphatic carboxylic acids is 1. The number of alkyl carbamates (subject to hydrolysis) is 1. The molecule has 1 heterocycles. The summed E-state index contributed by atoms with van der Waals surface area (Å²) < 4.78 is 17.6. The molecule has 182 valence electrons. The van der Waals surface area contributed by atoms with Crippen molar-refractivity contribution >= 4 is 12.1 Å². The number of carbonyl (C=O) groups is 2. The van der Waals surface area contributed by atoms with Crippen LogP contribution in [-0.4, -0.2) is 47.8 Å². The van der Waals surface area contributed by atoms with Crippen LogP contribution in [0.25, 0.3) is 11.1 Å². The number of benzene rings is 2. The lowest BCUT2D eigenvalue weighted by atomic mass is 9.95. The molecule has 1 aliphatic carbocycles. The van der Waals surface area contributed by atoms with Crippen molar-refractivity contribution in [2.24, 2.45) is 5.92 Å². The molecule has 0 saturated carbocycles. The van der Waals surface area contributed by atoms with Crippen LogP contribution in [0.2, 0.25) is 0 Å². The van der Waals surface area contributed by atoms with E-state index in [1.807, 2.05) is 38.1 Å². The molecule has 0 aromatic heterocycles. The van der Waals surface area contributed by atoms with Gasteiger partial charge in [-0.3, -0.25) is 4.79 Å². The summed E-state index contributed by atoms with van der Waals surface area (Å²) >= 11 is 0. The Morgan fingerprint density at radius 1 is 1.03 bits per heavy atom. The highest BCUT2D eigenvalue weighted by Gasteiger charge is 2.46. The molecule has 2 unspecified atom stereocenters. The molecule has 0 radical (unpaired) electrons. The number of carbonyl (C=O) groups excluding carboxylic acids is 1. The van der Waals surface area contributed by atoms with E-state index < -0.39 is 36.1 Å². The zero-order valence-corrected chi connectivity index (χ0v) is 20.1. The lowest BCUT2D eigenvalue weighted by Crippen LogP contribution is -2.49. The van der Waals surface area contributed by atoms with Gasteiger partial charge >= 0.3 is 12.1 Å². The van der Waals surface area contributed by atoms with Gasteiger partial charge in [0.15, 0.2) is 5.79 Å². The summed E-state index contributed by atoms with van der Waals surface area (Å²) in [7, 11) is 0. The van der Waals surface area contributed by atoms with E-state index in [4.69, 9.17) is 14.2 Å².